The van der Waals surface area contributed by atoms with E-state index in [1.54, 1.807) is 58.8 Å². The molecule has 0 radical (unpaired) electrons. The number of nitrogens with zero attached hydrogens (tertiary/aromatic N) is 2. The first-order valence-corrected chi connectivity index (χ1v) is 25.5. The van der Waals surface area contributed by atoms with Crippen LogP contribution in [0.5, 0.6) is 0 Å². The molecule has 0 aliphatic carbocycles. The molecule has 4 N–H and O–H groups in total. The van der Waals surface area contributed by atoms with Crippen LogP contribution in [-0.4, -0.2) is 121 Å². The van der Waals surface area contributed by atoms with Crippen molar-refractivity contribution in [3.8, 4) is 0 Å². The minimum atomic E-state index is -1.14. The predicted molar refractivity (Wildman–Crippen MR) is 206 cm³/mol. The number of ether oxygens (including phenoxy) is 1. The number of carbonyl (C=O) groups is 2. The Labute approximate surface area is 302 Å². The van der Waals surface area contributed by atoms with E-state index >= 15 is 0 Å². The van der Waals surface area contributed by atoms with Crippen LogP contribution in [0.3, 0.4) is 0 Å². The van der Waals surface area contributed by atoms with Gasteiger partial charge in [0.15, 0.2) is 0 Å². The summed E-state index contributed by atoms with van der Waals surface area (Å²) in [7, 11) is -1.14. The molecule has 0 bridgehead atoms. The SMILES string of the molecule is O=C(NCSCSC/N=C/S(=O)CSCSCSC(=O)NCSCSC/N=C/OOCSCSCO)OCSCSCO. The van der Waals surface area contributed by atoms with Crippen molar-refractivity contribution < 1.29 is 38.5 Å². The van der Waals surface area contributed by atoms with Crippen molar-refractivity contribution in [2.75, 3.05) is 82.9 Å². The lowest BCUT2D eigenvalue weighted by Crippen LogP contribution is -2.23. The van der Waals surface area contributed by atoms with Crippen LogP contribution in [0.2, 0.25) is 0 Å². The standard InChI is InChI=1S/C19H36N4O8S12/c24-7-36-13-38-9-29-18(26)22-4-34-12-33-3-21-6-43(28)17-41-15-40-16-42-19(27)23-5-35-11-32-2-20-1-30-31-10-39-14-37-8-25/h1,6,24-25H,2-5,7-17H2,(H,22,26)(H,23,27)/b20-1+,21-6+. The molecule has 1 unspecified atom stereocenters. The third kappa shape index (κ3) is 38.1. The zero-order chi connectivity index (χ0) is 31.5. The van der Waals surface area contributed by atoms with E-state index in [9.17, 15) is 13.8 Å². The maximum Gasteiger partial charge on any atom is 0.408 e. The van der Waals surface area contributed by atoms with Crippen molar-refractivity contribution in [1.29, 1.82) is 0 Å². The third-order valence-electron chi connectivity index (χ3n) is 3.24. The number of aliphatic imine (C=N–C) groups is 2. The van der Waals surface area contributed by atoms with E-state index in [0.717, 1.165) is 20.3 Å². The predicted octanol–water partition coefficient (Wildman–Crippen LogP) is 5.59. The minimum Gasteiger partial charge on any atom is -0.438 e. The van der Waals surface area contributed by atoms with Gasteiger partial charge in [-0.2, -0.15) is 4.89 Å². The summed E-state index contributed by atoms with van der Waals surface area (Å²) in [6.07, 6.45) is 0.789. The Morgan fingerprint density at radius 2 is 1.35 bits per heavy atom. The number of carbonyl (C=O) groups excluding carboxylic acids is 2. The molecule has 0 rings (SSSR count). The summed E-state index contributed by atoms with van der Waals surface area (Å²) in [6.45, 7) is 0. The van der Waals surface area contributed by atoms with Crippen molar-refractivity contribution in [3.63, 3.8) is 0 Å². The van der Waals surface area contributed by atoms with Crippen LogP contribution in [0.15, 0.2) is 9.98 Å². The van der Waals surface area contributed by atoms with Gasteiger partial charge in [0.2, 0.25) is 6.40 Å². The average Bonchev–Trinajstić information content (AvgIpc) is 3.00. The molecule has 0 aliphatic heterocycles. The van der Waals surface area contributed by atoms with Crippen LogP contribution in [-0.2, 0) is 25.3 Å². The van der Waals surface area contributed by atoms with Crippen molar-refractivity contribution in [2.45, 2.75) is 0 Å². The number of rotatable bonds is 31. The van der Waals surface area contributed by atoms with Gasteiger partial charge in [-0.1, -0.05) is 11.8 Å². The second kappa shape index (κ2) is 38.2. The highest BCUT2D eigenvalue weighted by atomic mass is 32.3. The lowest BCUT2D eigenvalue weighted by atomic mass is 11.1. The van der Waals surface area contributed by atoms with Gasteiger partial charge in [-0.3, -0.25) is 14.0 Å². The van der Waals surface area contributed by atoms with E-state index in [2.05, 4.69) is 20.6 Å². The molecule has 0 spiro atoms. The zero-order valence-electron chi connectivity index (χ0n) is 22.9. The van der Waals surface area contributed by atoms with E-state index in [1.807, 2.05) is 0 Å². The van der Waals surface area contributed by atoms with Gasteiger partial charge in [-0.05, 0) is 0 Å². The van der Waals surface area contributed by atoms with E-state index < -0.39 is 16.9 Å². The molecular formula is C19H36N4O8S12. The number of aliphatic hydroxyl groups is 2. The molecule has 0 saturated heterocycles. The van der Waals surface area contributed by atoms with Crippen LogP contribution in [0.1, 0.15) is 0 Å². The zero-order valence-corrected chi connectivity index (χ0v) is 32.7. The van der Waals surface area contributed by atoms with Crippen molar-refractivity contribution in [2.24, 2.45) is 9.98 Å². The molecule has 252 valence electrons. The highest BCUT2D eigenvalue weighted by Crippen LogP contribution is 2.19. The third-order valence-corrected chi connectivity index (χ3v) is 15.7. The summed E-state index contributed by atoms with van der Waals surface area (Å²) in [5.74, 6) is 2.74. The minimum absolute atomic E-state index is 0.0523. The van der Waals surface area contributed by atoms with E-state index in [1.165, 1.54) is 82.5 Å². The molecule has 0 heterocycles. The molecule has 1 atom stereocenters. The lowest BCUT2D eigenvalue weighted by Gasteiger charge is -2.06. The van der Waals surface area contributed by atoms with Gasteiger partial charge in [-0.25, -0.2) is 9.79 Å². The van der Waals surface area contributed by atoms with Gasteiger partial charge in [0, 0.05) is 30.5 Å². The summed E-state index contributed by atoms with van der Waals surface area (Å²) >= 11 is 16.3. The fraction of sp³-hybridized carbons (Fsp3) is 0.789. The highest BCUT2D eigenvalue weighted by molar-refractivity contribution is 8.28. The first kappa shape index (κ1) is 44.8. The summed E-state index contributed by atoms with van der Waals surface area (Å²) in [6, 6.07) is 0. The Balaban J connectivity index is 3.42. The first-order valence-electron chi connectivity index (χ1n) is 11.5. The summed E-state index contributed by atoms with van der Waals surface area (Å²) in [4.78, 5) is 41.2. The number of aliphatic hydroxyl groups excluding tert-OH is 2. The summed E-state index contributed by atoms with van der Waals surface area (Å²) in [5, 5.41) is 27.4. The van der Waals surface area contributed by atoms with Gasteiger partial charge in [-0.15, -0.1) is 118 Å². The number of alkyl carbamates (subject to hydrolysis) is 1. The Morgan fingerprint density at radius 3 is 2.07 bits per heavy atom. The molecular weight excluding hydrogens is 797 g/mol. The molecule has 0 aromatic heterocycles. The molecule has 24 heteroatoms. The van der Waals surface area contributed by atoms with Crippen LogP contribution in [0.25, 0.3) is 0 Å². The highest BCUT2D eigenvalue weighted by Gasteiger charge is 2.03. The van der Waals surface area contributed by atoms with Crippen molar-refractivity contribution >= 4 is 163 Å². The molecule has 0 aromatic carbocycles. The Morgan fingerprint density at radius 1 is 0.721 bits per heavy atom. The summed E-state index contributed by atoms with van der Waals surface area (Å²) < 4.78 is 17.0. The number of amides is 2. The van der Waals surface area contributed by atoms with E-state index in [4.69, 9.17) is 24.7 Å². The lowest BCUT2D eigenvalue weighted by molar-refractivity contribution is -0.196. The van der Waals surface area contributed by atoms with Crippen molar-refractivity contribution in [1.82, 2.24) is 10.6 Å². The molecule has 0 saturated carbocycles. The van der Waals surface area contributed by atoms with Gasteiger partial charge >= 0.3 is 6.09 Å². The van der Waals surface area contributed by atoms with Crippen LogP contribution in [0, 0.1) is 0 Å². The number of thioether (sulfide) groups is 11. The molecule has 0 fully saturated rings. The van der Waals surface area contributed by atoms with Gasteiger partial charge < -0.3 is 30.5 Å². The number of hydrogen-bond acceptors (Lipinski definition) is 21. The average molecular weight is 833 g/mol. The Kier molecular flexibility index (Phi) is 39.8. The maximum absolute atomic E-state index is 12.0. The Bertz CT molecular complexity index is 752. The second-order valence-electron chi connectivity index (χ2n) is 6.29. The topological polar surface area (TPSA) is 168 Å². The Hall–Kier alpha value is 1.76. The maximum atomic E-state index is 12.0. The first-order chi connectivity index (χ1) is 21.1. The monoisotopic (exact) mass is 832 g/mol. The van der Waals surface area contributed by atoms with Crippen molar-refractivity contribution in [3.05, 3.63) is 0 Å². The van der Waals surface area contributed by atoms with Gasteiger partial charge in [0.25, 0.3) is 5.24 Å². The van der Waals surface area contributed by atoms with E-state index in [-0.39, 0.29) is 23.1 Å². The van der Waals surface area contributed by atoms with Crippen LogP contribution in [0.4, 0.5) is 9.59 Å². The van der Waals surface area contributed by atoms with E-state index in [0.29, 0.717) is 44.7 Å². The van der Waals surface area contributed by atoms with Gasteiger partial charge in [0.1, 0.15) is 11.9 Å². The smallest absolute Gasteiger partial charge is 0.408 e. The normalized spacial score (nSPS) is 12.1. The fourth-order valence-corrected chi connectivity index (χ4v) is 11.6. The molecule has 0 aromatic rings. The summed E-state index contributed by atoms with van der Waals surface area (Å²) in [5.41, 5.74) is 1.47. The quantitative estimate of drug-likeness (QED) is 0.0170. The molecule has 0 aliphatic rings. The van der Waals surface area contributed by atoms with Crippen LogP contribution < -0.4 is 10.6 Å². The fourth-order valence-electron chi connectivity index (χ4n) is 1.66. The molecule has 12 nitrogen and oxygen atoms in total. The number of nitrogens with one attached hydrogen (secondary N) is 2. The van der Waals surface area contributed by atoms with Gasteiger partial charge in [0.05, 0.1) is 56.8 Å². The largest absolute Gasteiger partial charge is 0.438 e. The van der Waals surface area contributed by atoms with Crippen LogP contribution >= 0.6 is 129 Å². The number of hydrogen-bond donors (Lipinski definition) is 4. The second-order valence-corrected chi connectivity index (χ2v) is 20.7. The molecule has 43 heavy (non-hydrogen) atoms. The molecule has 2 amide bonds.